The molecule has 0 amide bonds. The first-order valence-corrected chi connectivity index (χ1v) is 10.7. The second-order valence-electron chi connectivity index (χ2n) is 8.29. The minimum Gasteiger partial charge on any atom is -0.395 e. The molecule has 1 saturated heterocycles. The molecule has 4 atom stereocenters. The van der Waals surface area contributed by atoms with Gasteiger partial charge in [-0.2, -0.15) is 0 Å². The van der Waals surface area contributed by atoms with E-state index in [0.29, 0.717) is 24.9 Å². The van der Waals surface area contributed by atoms with Crippen LogP contribution >= 0.6 is 11.3 Å². The summed E-state index contributed by atoms with van der Waals surface area (Å²) in [6, 6.07) is 15.1. The first-order chi connectivity index (χ1) is 13.0. The van der Waals surface area contributed by atoms with Gasteiger partial charge < -0.3 is 15.1 Å². The van der Waals surface area contributed by atoms with Gasteiger partial charge in [0.2, 0.25) is 0 Å². The highest BCUT2D eigenvalue weighted by molar-refractivity contribution is 7.11. The molecule has 2 aromatic rings. The lowest BCUT2D eigenvalue weighted by atomic mass is 9.95. The van der Waals surface area contributed by atoms with Crippen molar-refractivity contribution in [2.24, 2.45) is 11.3 Å². The number of nitrogens with zero attached hydrogens (tertiary/aromatic N) is 2. The Morgan fingerprint density at radius 1 is 1.22 bits per heavy atom. The van der Waals surface area contributed by atoms with Gasteiger partial charge in [-0.25, -0.2) is 0 Å². The molecule has 0 unspecified atom stereocenters. The first-order valence-electron chi connectivity index (χ1n) is 9.84. The van der Waals surface area contributed by atoms with Crippen molar-refractivity contribution < 1.29 is 10.2 Å². The molecule has 4 rings (SSSR count). The summed E-state index contributed by atoms with van der Waals surface area (Å²) >= 11 is 1.86. The molecule has 2 aliphatic rings. The van der Waals surface area contributed by atoms with Crippen LogP contribution in [-0.4, -0.2) is 66.0 Å². The largest absolute Gasteiger partial charge is 0.395 e. The molecule has 0 bridgehead atoms. The number of aliphatic hydroxyl groups is 2. The van der Waals surface area contributed by atoms with E-state index in [1.54, 1.807) is 0 Å². The Labute approximate surface area is 166 Å². The third-order valence-corrected chi connectivity index (χ3v) is 7.40. The van der Waals surface area contributed by atoms with Crippen molar-refractivity contribution in [2.75, 3.05) is 39.8 Å². The van der Waals surface area contributed by atoms with Gasteiger partial charge in [0, 0.05) is 47.9 Å². The van der Waals surface area contributed by atoms with E-state index in [4.69, 9.17) is 0 Å². The van der Waals surface area contributed by atoms with Crippen LogP contribution in [0.5, 0.6) is 0 Å². The molecule has 2 heterocycles. The van der Waals surface area contributed by atoms with E-state index in [1.807, 2.05) is 11.3 Å². The highest BCUT2D eigenvalue weighted by atomic mass is 32.1. The van der Waals surface area contributed by atoms with Crippen molar-refractivity contribution in [3.63, 3.8) is 0 Å². The van der Waals surface area contributed by atoms with Gasteiger partial charge in [0.15, 0.2) is 0 Å². The van der Waals surface area contributed by atoms with Crippen molar-refractivity contribution in [3.05, 3.63) is 57.8 Å². The Morgan fingerprint density at radius 3 is 2.67 bits per heavy atom. The van der Waals surface area contributed by atoms with E-state index in [1.165, 1.54) is 15.3 Å². The fourth-order valence-electron chi connectivity index (χ4n) is 5.21. The van der Waals surface area contributed by atoms with Crippen LogP contribution in [0.25, 0.3) is 0 Å². The summed E-state index contributed by atoms with van der Waals surface area (Å²) in [7, 11) is 2.19. The zero-order chi connectivity index (χ0) is 19.0. The summed E-state index contributed by atoms with van der Waals surface area (Å²) in [5.74, 6) is 0.842. The highest BCUT2D eigenvalue weighted by Crippen LogP contribution is 2.69. The smallest absolute Gasteiger partial charge is 0.0744 e. The maximum atomic E-state index is 11.0. The van der Waals surface area contributed by atoms with Gasteiger partial charge in [0.1, 0.15) is 0 Å². The second kappa shape index (κ2) is 7.64. The SMILES string of the molecule is Cc1ccc(CN(C)C[C@@H]2[C@@H](c3ccccc3)[C@]23CN(CCO)C[C@@H]3O)s1. The molecule has 1 spiro atoms. The van der Waals surface area contributed by atoms with Gasteiger partial charge >= 0.3 is 0 Å². The fraction of sp³-hybridized carbons (Fsp3) is 0.545. The summed E-state index contributed by atoms with van der Waals surface area (Å²) in [4.78, 5) is 7.38. The van der Waals surface area contributed by atoms with Crippen molar-refractivity contribution >= 4 is 11.3 Å². The van der Waals surface area contributed by atoms with Crippen LogP contribution in [0.2, 0.25) is 0 Å². The molecular formula is C22H30N2O2S. The third-order valence-electron chi connectivity index (χ3n) is 6.42. The van der Waals surface area contributed by atoms with Gasteiger partial charge in [0.05, 0.1) is 12.7 Å². The molecular weight excluding hydrogens is 356 g/mol. The Hall–Kier alpha value is -1.24. The summed E-state index contributed by atoms with van der Waals surface area (Å²) in [5, 5.41) is 20.3. The van der Waals surface area contributed by atoms with E-state index in [2.05, 4.69) is 66.2 Å². The van der Waals surface area contributed by atoms with E-state index < -0.39 is 0 Å². The van der Waals surface area contributed by atoms with Gasteiger partial charge in [-0.15, -0.1) is 11.3 Å². The number of aliphatic hydroxyl groups excluding tert-OH is 2. The summed E-state index contributed by atoms with van der Waals surface area (Å²) < 4.78 is 0. The van der Waals surface area contributed by atoms with E-state index in [0.717, 1.165) is 19.6 Å². The summed E-state index contributed by atoms with van der Waals surface area (Å²) in [6.45, 7) is 6.46. The number of hydrogen-bond donors (Lipinski definition) is 2. The fourth-order valence-corrected chi connectivity index (χ4v) is 6.18. The molecule has 4 nitrogen and oxygen atoms in total. The van der Waals surface area contributed by atoms with Crippen LogP contribution < -0.4 is 0 Å². The topological polar surface area (TPSA) is 46.9 Å². The van der Waals surface area contributed by atoms with Crippen molar-refractivity contribution in [1.82, 2.24) is 9.80 Å². The minimum atomic E-state index is -0.323. The molecule has 2 fully saturated rings. The number of hydrogen-bond acceptors (Lipinski definition) is 5. The monoisotopic (exact) mass is 386 g/mol. The molecule has 27 heavy (non-hydrogen) atoms. The van der Waals surface area contributed by atoms with Gasteiger partial charge in [-0.05, 0) is 43.5 Å². The molecule has 1 saturated carbocycles. The molecule has 1 aromatic heterocycles. The third kappa shape index (κ3) is 3.59. The Kier molecular flexibility index (Phi) is 5.41. The van der Waals surface area contributed by atoms with Crippen LogP contribution in [0.4, 0.5) is 0 Å². The Bertz CT molecular complexity index is 765. The number of likely N-dealkylation sites (tertiary alicyclic amines) is 1. The average Bonchev–Trinajstić information content (AvgIpc) is 2.88. The first kappa shape index (κ1) is 19.1. The van der Waals surface area contributed by atoms with Gasteiger partial charge in [-0.3, -0.25) is 4.90 Å². The number of benzene rings is 1. The maximum absolute atomic E-state index is 11.0. The standard InChI is InChI=1S/C22H30N2O2S/c1-16-8-9-18(27-16)12-23(2)13-19-21(17-6-4-3-5-7-17)22(19)15-24(10-11-25)14-20(22)26/h3-9,19-21,25-26H,10-15H2,1-2H3/t19-,20+,21-,22-/m1/s1. The van der Waals surface area contributed by atoms with Gasteiger partial charge in [-0.1, -0.05) is 30.3 Å². The lowest BCUT2D eigenvalue weighted by Crippen LogP contribution is -2.28. The maximum Gasteiger partial charge on any atom is 0.0744 e. The predicted molar refractivity (Wildman–Crippen MR) is 110 cm³/mol. The van der Waals surface area contributed by atoms with E-state index in [9.17, 15) is 10.2 Å². The van der Waals surface area contributed by atoms with Crippen molar-refractivity contribution in [2.45, 2.75) is 25.5 Å². The number of thiophene rings is 1. The molecule has 1 aromatic carbocycles. The van der Waals surface area contributed by atoms with Crippen LogP contribution in [0.3, 0.4) is 0 Å². The predicted octanol–water partition coefficient (Wildman–Crippen LogP) is 2.56. The van der Waals surface area contributed by atoms with Gasteiger partial charge in [0.25, 0.3) is 0 Å². The summed E-state index contributed by atoms with van der Waals surface area (Å²) in [6.07, 6.45) is -0.323. The van der Waals surface area contributed by atoms with Crippen LogP contribution in [0.15, 0.2) is 42.5 Å². The number of β-amino-alcohol motifs (C(OH)–C–C–N with tert-alkyl or cyclic N) is 2. The molecule has 2 N–H and O–H groups in total. The molecule has 1 aliphatic carbocycles. The lowest BCUT2D eigenvalue weighted by molar-refractivity contribution is 0.115. The Morgan fingerprint density at radius 2 is 2.00 bits per heavy atom. The average molecular weight is 387 g/mol. The zero-order valence-corrected chi connectivity index (χ0v) is 17.0. The lowest BCUT2D eigenvalue weighted by Gasteiger charge is -2.19. The van der Waals surface area contributed by atoms with Crippen LogP contribution in [0.1, 0.15) is 21.2 Å². The second-order valence-corrected chi connectivity index (χ2v) is 9.66. The Balaban J connectivity index is 1.52. The highest BCUT2D eigenvalue weighted by Gasteiger charge is 2.70. The zero-order valence-electron chi connectivity index (χ0n) is 16.2. The molecule has 0 radical (unpaired) electrons. The quantitative estimate of drug-likeness (QED) is 0.768. The molecule has 1 aliphatic heterocycles. The van der Waals surface area contributed by atoms with Crippen LogP contribution in [0, 0.1) is 18.3 Å². The molecule has 5 heteroatoms. The number of aryl methyl sites for hydroxylation is 1. The van der Waals surface area contributed by atoms with Crippen LogP contribution in [-0.2, 0) is 6.54 Å². The minimum absolute atomic E-state index is 0.0733. The van der Waals surface area contributed by atoms with E-state index in [-0.39, 0.29) is 18.1 Å². The normalized spacial score (nSPS) is 30.5. The van der Waals surface area contributed by atoms with Crippen molar-refractivity contribution in [3.8, 4) is 0 Å². The van der Waals surface area contributed by atoms with Crippen molar-refractivity contribution in [1.29, 1.82) is 0 Å². The molecule has 146 valence electrons. The number of rotatable bonds is 7. The summed E-state index contributed by atoms with van der Waals surface area (Å²) in [5.41, 5.74) is 1.27. The van der Waals surface area contributed by atoms with E-state index >= 15 is 0 Å².